The lowest BCUT2D eigenvalue weighted by molar-refractivity contribution is -0.128. The van der Waals surface area contributed by atoms with E-state index in [1.54, 1.807) is 35.2 Å². The number of amides is 2. The van der Waals surface area contributed by atoms with Gasteiger partial charge < -0.3 is 19.7 Å². The number of benzene rings is 2. The first kappa shape index (κ1) is 18.7. The number of methoxy groups -OCH3 is 2. The quantitative estimate of drug-likeness (QED) is 0.847. The van der Waals surface area contributed by atoms with Crippen molar-refractivity contribution >= 4 is 17.5 Å². The largest absolute Gasteiger partial charge is 0.493 e. The van der Waals surface area contributed by atoms with Gasteiger partial charge in [0.2, 0.25) is 11.8 Å². The van der Waals surface area contributed by atoms with E-state index < -0.39 is 5.92 Å². The molecule has 2 aromatic carbocycles. The molecule has 27 heavy (non-hydrogen) atoms. The fourth-order valence-corrected chi connectivity index (χ4v) is 3.07. The second-order valence-corrected chi connectivity index (χ2v) is 6.36. The Balaban J connectivity index is 1.62. The molecular weight excluding hydrogens is 351 g/mol. The monoisotopic (exact) mass is 372 g/mol. The standard InChI is InChI=1S/C20H21FN2O4/c1-26-17-8-7-16(10-18(17)27-2)22-20(25)14-9-19(24)23(12-14)11-13-3-5-15(21)6-4-13/h3-8,10,14H,9,11-12H2,1-2H3,(H,22,25). The molecule has 0 saturated carbocycles. The summed E-state index contributed by atoms with van der Waals surface area (Å²) >= 11 is 0. The van der Waals surface area contributed by atoms with Crippen LogP contribution in [-0.4, -0.2) is 37.5 Å². The Morgan fingerprint density at radius 2 is 1.85 bits per heavy atom. The Hall–Kier alpha value is -3.09. The van der Waals surface area contributed by atoms with Crippen LogP contribution in [0.5, 0.6) is 11.5 Å². The molecule has 1 unspecified atom stereocenters. The van der Waals surface area contributed by atoms with Crippen LogP contribution in [-0.2, 0) is 16.1 Å². The fourth-order valence-electron chi connectivity index (χ4n) is 3.07. The summed E-state index contributed by atoms with van der Waals surface area (Å²) in [5.74, 6) is 0.00132. The predicted octanol–water partition coefficient (Wildman–Crippen LogP) is 2.83. The van der Waals surface area contributed by atoms with Gasteiger partial charge in [-0.05, 0) is 29.8 Å². The van der Waals surface area contributed by atoms with E-state index >= 15 is 0 Å². The molecule has 1 atom stereocenters. The zero-order valence-electron chi connectivity index (χ0n) is 15.2. The molecule has 1 saturated heterocycles. The third-order valence-corrected chi connectivity index (χ3v) is 4.52. The van der Waals surface area contributed by atoms with E-state index in [0.717, 1.165) is 5.56 Å². The molecule has 142 valence electrons. The highest BCUT2D eigenvalue weighted by atomic mass is 19.1. The molecule has 0 radical (unpaired) electrons. The number of carbonyl (C=O) groups excluding carboxylic acids is 2. The van der Waals surface area contributed by atoms with Crippen LogP contribution in [0.25, 0.3) is 0 Å². The van der Waals surface area contributed by atoms with Gasteiger partial charge in [-0.2, -0.15) is 0 Å². The van der Waals surface area contributed by atoms with Crippen LogP contribution in [0.1, 0.15) is 12.0 Å². The Morgan fingerprint density at radius 1 is 1.15 bits per heavy atom. The van der Waals surface area contributed by atoms with Crippen LogP contribution in [0.3, 0.4) is 0 Å². The highest BCUT2D eigenvalue weighted by Gasteiger charge is 2.34. The third-order valence-electron chi connectivity index (χ3n) is 4.52. The van der Waals surface area contributed by atoms with E-state index in [4.69, 9.17) is 9.47 Å². The number of ether oxygens (including phenoxy) is 2. The lowest BCUT2D eigenvalue weighted by atomic mass is 10.1. The fraction of sp³-hybridized carbons (Fsp3) is 0.300. The summed E-state index contributed by atoms with van der Waals surface area (Å²) in [6.45, 7) is 0.689. The van der Waals surface area contributed by atoms with Crippen molar-refractivity contribution < 1.29 is 23.5 Å². The molecule has 1 heterocycles. The van der Waals surface area contributed by atoms with Crippen LogP contribution < -0.4 is 14.8 Å². The van der Waals surface area contributed by atoms with Gasteiger partial charge in [0.1, 0.15) is 5.82 Å². The third kappa shape index (κ3) is 4.36. The van der Waals surface area contributed by atoms with Crippen LogP contribution in [0.15, 0.2) is 42.5 Å². The molecule has 7 heteroatoms. The highest BCUT2D eigenvalue weighted by Crippen LogP contribution is 2.30. The minimum absolute atomic E-state index is 0.0909. The molecule has 0 bridgehead atoms. The zero-order chi connectivity index (χ0) is 19.4. The van der Waals surface area contributed by atoms with Gasteiger partial charge in [0.25, 0.3) is 0 Å². The first-order valence-electron chi connectivity index (χ1n) is 8.55. The van der Waals surface area contributed by atoms with Gasteiger partial charge in [-0.25, -0.2) is 4.39 Å². The average Bonchev–Trinajstić information content (AvgIpc) is 3.04. The minimum atomic E-state index is -0.439. The van der Waals surface area contributed by atoms with Crippen molar-refractivity contribution in [2.24, 2.45) is 5.92 Å². The van der Waals surface area contributed by atoms with Crippen LogP contribution in [0.4, 0.5) is 10.1 Å². The van der Waals surface area contributed by atoms with Crippen LogP contribution >= 0.6 is 0 Å². The summed E-state index contributed by atoms with van der Waals surface area (Å²) in [6.07, 6.45) is 0.153. The lowest BCUT2D eigenvalue weighted by Crippen LogP contribution is -2.28. The van der Waals surface area contributed by atoms with Crippen molar-refractivity contribution in [2.45, 2.75) is 13.0 Å². The Morgan fingerprint density at radius 3 is 2.52 bits per heavy atom. The van der Waals surface area contributed by atoms with Gasteiger partial charge in [-0.3, -0.25) is 9.59 Å². The number of likely N-dealkylation sites (tertiary alicyclic amines) is 1. The maximum atomic E-state index is 13.0. The lowest BCUT2D eigenvalue weighted by Gasteiger charge is -2.17. The number of anilines is 1. The Kier molecular flexibility index (Phi) is 5.59. The number of halogens is 1. The van der Waals surface area contributed by atoms with Gasteiger partial charge in [0, 0.05) is 31.3 Å². The number of carbonyl (C=O) groups is 2. The number of hydrogen-bond donors (Lipinski definition) is 1. The van der Waals surface area contributed by atoms with E-state index in [0.29, 0.717) is 30.3 Å². The van der Waals surface area contributed by atoms with Gasteiger partial charge in [0.15, 0.2) is 11.5 Å². The van der Waals surface area contributed by atoms with E-state index in [1.807, 2.05) is 0 Å². The zero-order valence-corrected chi connectivity index (χ0v) is 15.2. The minimum Gasteiger partial charge on any atom is -0.493 e. The maximum absolute atomic E-state index is 13.0. The van der Waals surface area contributed by atoms with Crippen LogP contribution in [0.2, 0.25) is 0 Å². The second-order valence-electron chi connectivity index (χ2n) is 6.36. The molecule has 6 nitrogen and oxygen atoms in total. The van der Waals surface area contributed by atoms with Crippen molar-refractivity contribution in [1.29, 1.82) is 0 Å². The maximum Gasteiger partial charge on any atom is 0.229 e. The van der Waals surface area contributed by atoms with Crippen molar-refractivity contribution in [2.75, 3.05) is 26.1 Å². The average molecular weight is 372 g/mol. The molecule has 1 aliphatic rings. The first-order valence-corrected chi connectivity index (χ1v) is 8.55. The number of rotatable bonds is 6. The Bertz CT molecular complexity index is 838. The van der Waals surface area contributed by atoms with Crippen LogP contribution in [0, 0.1) is 11.7 Å². The number of nitrogens with zero attached hydrogens (tertiary/aromatic N) is 1. The molecule has 2 aromatic rings. The van der Waals surface area contributed by atoms with Gasteiger partial charge in [0.05, 0.1) is 20.1 Å². The molecule has 3 rings (SSSR count). The first-order chi connectivity index (χ1) is 13.0. The number of hydrogen-bond acceptors (Lipinski definition) is 4. The molecule has 1 N–H and O–H groups in total. The van der Waals surface area contributed by atoms with Gasteiger partial charge >= 0.3 is 0 Å². The van der Waals surface area contributed by atoms with E-state index in [2.05, 4.69) is 5.32 Å². The summed E-state index contributed by atoms with van der Waals surface area (Å²) in [5.41, 5.74) is 1.40. The molecule has 0 aromatic heterocycles. The van der Waals surface area contributed by atoms with Crippen molar-refractivity contribution in [1.82, 2.24) is 4.90 Å². The summed E-state index contributed by atoms with van der Waals surface area (Å²) in [7, 11) is 3.06. The van der Waals surface area contributed by atoms with Crippen molar-refractivity contribution in [3.05, 3.63) is 53.8 Å². The SMILES string of the molecule is COc1ccc(NC(=O)C2CC(=O)N(Cc3ccc(F)cc3)C2)cc1OC. The molecule has 2 amide bonds. The van der Waals surface area contributed by atoms with E-state index in [-0.39, 0.29) is 24.1 Å². The van der Waals surface area contributed by atoms with Crippen molar-refractivity contribution in [3.63, 3.8) is 0 Å². The summed E-state index contributed by atoms with van der Waals surface area (Å²) in [6, 6.07) is 11.1. The highest BCUT2D eigenvalue weighted by molar-refractivity contribution is 5.97. The molecule has 1 aliphatic heterocycles. The normalized spacial score (nSPS) is 16.3. The van der Waals surface area contributed by atoms with E-state index in [9.17, 15) is 14.0 Å². The summed E-state index contributed by atoms with van der Waals surface area (Å²) < 4.78 is 23.4. The predicted molar refractivity (Wildman–Crippen MR) is 98.1 cm³/mol. The molecule has 0 spiro atoms. The van der Waals surface area contributed by atoms with Gasteiger partial charge in [-0.15, -0.1) is 0 Å². The second kappa shape index (κ2) is 8.07. The summed E-state index contributed by atoms with van der Waals surface area (Å²) in [5, 5.41) is 2.82. The summed E-state index contributed by atoms with van der Waals surface area (Å²) in [4.78, 5) is 26.4. The molecule has 0 aliphatic carbocycles. The smallest absolute Gasteiger partial charge is 0.229 e. The van der Waals surface area contributed by atoms with E-state index in [1.165, 1.54) is 26.4 Å². The topological polar surface area (TPSA) is 67.9 Å². The van der Waals surface area contributed by atoms with Crippen molar-refractivity contribution in [3.8, 4) is 11.5 Å². The van der Waals surface area contributed by atoms with Gasteiger partial charge in [-0.1, -0.05) is 12.1 Å². The Labute approximate surface area is 156 Å². The molecular formula is C20H21FN2O4. The number of nitrogens with one attached hydrogen (secondary N) is 1. The molecule has 1 fully saturated rings.